The van der Waals surface area contributed by atoms with Gasteiger partial charge in [-0.2, -0.15) is 0 Å². The van der Waals surface area contributed by atoms with Gasteiger partial charge in [-0.25, -0.2) is 0 Å². The quantitative estimate of drug-likeness (QED) is 0.534. The number of benzene rings is 1. The van der Waals surface area contributed by atoms with E-state index in [4.69, 9.17) is 4.74 Å². The van der Waals surface area contributed by atoms with Crippen LogP contribution >= 0.6 is 0 Å². The summed E-state index contributed by atoms with van der Waals surface area (Å²) in [6.45, 7) is 4.27. The molecule has 0 radical (unpaired) electrons. The minimum absolute atomic E-state index is 0.0196. The molecule has 3 aliphatic carbocycles. The first-order valence-electron chi connectivity index (χ1n) is 11.9. The third-order valence-corrected chi connectivity index (χ3v) is 8.18. The third kappa shape index (κ3) is 4.26. The molecule has 29 heavy (non-hydrogen) atoms. The molecule has 0 aliphatic heterocycles. The smallest absolute Gasteiger partial charge is 0.139 e. The summed E-state index contributed by atoms with van der Waals surface area (Å²) in [5.74, 6) is 3.57. The molecule has 1 aromatic carbocycles. The highest BCUT2D eigenvalue weighted by atomic mass is 16.5. The molecule has 160 valence electrons. The van der Waals surface area contributed by atoms with Crippen molar-refractivity contribution in [3.05, 3.63) is 29.3 Å². The van der Waals surface area contributed by atoms with Crippen molar-refractivity contribution in [1.82, 2.24) is 4.90 Å². The molecule has 0 spiro atoms. The van der Waals surface area contributed by atoms with Crippen molar-refractivity contribution in [2.24, 2.45) is 17.3 Å². The molecule has 0 saturated heterocycles. The molecule has 0 unspecified atom stereocenters. The molecule has 2 fully saturated rings. The monoisotopic (exact) mass is 397 g/mol. The zero-order valence-corrected chi connectivity index (χ0v) is 18.7. The number of rotatable bonds is 8. The molecule has 3 nitrogen and oxygen atoms in total. The van der Waals surface area contributed by atoms with Gasteiger partial charge in [0, 0.05) is 11.8 Å². The number of nitrogens with zero attached hydrogens (tertiary/aromatic N) is 1. The van der Waals surface area contributed by atoms with Crippen LogP contribution in [0.3, 0.4) is 0 Å². The van der Waals surface area contributed by atoms with Gasteiger partial charge in [-0.15, -0.1) is 0 Å². The Balaban J connectivity index is 1.31. The van der Waals surface area contributed by atoms with E-state index in [1.165, 1.54) is 44.2 Å². The summed E-state index contributed by atoms with van der Waals surface area (Å²) in [7, 11) is 4.28. The molecule has 4 atom stereocenters. The van der Waals surface area contributed by atoms with Crippen molar-refractivity contribution < 1.29 is 9.53 Å². The maximum absolute atomic E-state index is 12.5. The van der Waals surface area contributed by atoms with Crippen LogP contribution in [0, 0.1) is 17.3 Å². The molecule has 1 aromatic rings. The summed E-state index contributed by atoms with van der Waals surface area (Å²) < 4.78 is 6.08. The van der Waals surface area contributed by atoms with Gasteiger partial charge in [-0.3, -0.25) is 4.79 Å². The Morgan fingerprint density at radius 1 is 1.07 bits per heavy atom. The first kappa shape index (κ1) is 20.9. The molecule has 4 rings (SSSR count). The van der Waals surface area contributed by atoms with Crippen molar-refractivity contribution in [1.29, 1.82) is 0 Å². The fourth-order valence-electron chi connectivity index (χ4n) is 6.49. The van der Waals surface area contributed by atoms with E-state index in [-0.39, 0.29) is 5.41 Å². The van der Waals surface area contributed by atoms with E-state index in [1.54, 1.807) is 5.56 Å². The zero-order valence-electron chi connectivity index (χ0n) is 18.7. The van der Waals surface area contributed by atoms with Crippen molar-refractivity contribution in [2.75, 3.05) is 27.2 Å². The van der Waals surface area contributed by atoms with Crippen LogP contribution in [0.15, 0.2) is 18.2 Å². The molecule has 0 heterocycles. The van der Waals surface area contributed by atoms with Gasteiger partial charge in [0.2, 0.25) is 0 Å². The van der Waals surface area contributed by atoms with Crippen LogP contribution < -0.4 is 4.74 Å². The van der Waals surface area contributed by atoms with Gasteiger partial charge in [-0.05, 0) is 107 Å². The second-order valence-corrected chi connectivity index (χ2v) is 10.3. The minimum Gasteiger partial charge on any atom is -0.494 e. The lowest BCUT2D eigenvalue weighted by Gasteiger charge is -2.48. The van der Waals surface area contributed by atoms with Crippen LogP contribution in [0.4, 0.5) is 0 Å². The number of unbranched alkanes of at least 4 members (excludes halogenated alkanes) is 3. The Hall–Kier alpha value is -1.35. The summed E-state index contributed by atoms with van der Waals surface area (Å²) in [6.07, 6.45) is 11.6. The number of hydrogen-bond acceptors (Lipinski definition) is 3. The van der Waals surface area contributed by atoms with Crippen LogP contribution in [0.25, 0.3) is 0 Å². The highest BCUT2D eigenvalue weighted by molar-refractivity contribution is 5.87. The molecule has 0 aromatic heterocycles. The molecule has 0 amide bonds. The lowest BCUT2D eigenvalue weighted by Crippen LogP contribution is -2.42. The van der Waals surface area contributed by atoms with Crippen molar-refractivity contribution in [3.8, 4) is 5.75 Å². The van der Waals surface area contributed by atoms with E-state index in [0.717, 1.165) is 44.5 Å². The fraction of sp³-hybridized carbons (Fsp3) is 0.731. The Kier molecular flexibility index (Phi) is 6.34. The zero-order chi connectivity index (χ0) is 20.4. The summed E-state index contributed by atoms with van der Waals surface area (Å²) in [4.78, 5) is 14.7. The third-order valence-electron chi connectivity index (χ3n) is 8.18. The van der Waals surface area contributed by atoms with Gasteiger partial charge in [0.25, 0.3) is 0 Å². The maximum Gasteiger partial charge on any atom is 0.139 e. The predicted molar refractivity (Wildman–Crippen MR) is 119 cm³/mol. The summed E-state index contributed by atoms with van der Waals surface area (Å²) in [5.41, 5.74) is 3.04. The second-order valence-electron chi connectivity index (χ2n) is 10.3. The Morgan fingerprint density at radius 3 is 2.72 bits per heavy atom. The van der Waals surface area contributed by atoms with Gasteiger partial charge in [0.1, 0.15) is 11.5 Å². The second kappa shape index (κ2) is 8.79. The molecular formula is C26H39NO2. The van der Waals surface area contributed by atoms with E-state index in [9.17, 15) is 4.79 Å². The standard InChI is InChI=1S/C26H39NO2/c1-26-15-14-22-21-11-9-20(29-17-7-5-4-6-16-27(2)3)18-19(21)8-10-23(22)24(26)12-13-25(26)28/h9,11,18,22-24H,4-8,10,12-17H2,1-3H3/t22-,23-,24-,26+/m0/s1. The number of aryl methyl sites for hydroxylation is 1. The van der Waals surface area contributed by atoms with Gasteiger partial charge in [0.05, 0.1) is 6.61 Å². The lowest BCUT2D eigenvalue weighted by molar-refractivity contribution is -0.129. The van der Waals surface area contributed by atoms with E-state index in [2.05, 4.69) is 44.1 Å². The van der Waals surface area contributed by atoms with Crippen LogP contribution in [0.5, 0.6) is 5.75 Å². The Bertz CT molecular complexity index is 727. The lowest BCUT2D eigenvalue weighted by atomic mass is 9.55. The number of ether oxygens (including phenoxy) is 1. The number of carbonyl (C=O) groups is 1. The van der Waals surface area contributed by atoms with E-state index in [0.29, 0.717) is 23.5 Å². The van der Waals surface area contributed by atoms with E-state index in [1.807, 2.05) is 0 Å². The summed E-state index contributed by atoms with van der Waals surface area (Å²) in [5, 5.41) is 0. The first-order chi connectivity index (χ1) is 14.0. The average Bonchev–Trinajstić information content (AvgIpc) is 3.01. The number of carbonyl (C=O) groups excluding carboxylic acids is 1. The molecule has 0 N–H and O–H groups in total. The van der Waals surface area contributed by atoms with Gasteiger partial charge >= 0.3 is 0 Å². The van der Waals surface area contributed by atoms with Gasteiger partial charge in [-0.1, -0.05) is 25.8 Å². The minimum atomic E-state index is -0.0196. The molecule has 0 bridgehead atoms. The summed E-state index contributed by atoms with van der Waals surface area (Å²) in [6, 6.07) is 6.85. The largest absolute Gasteiger partial charge is 0.494 e. The number of fused-ring (bicyclic) bond motifs is 5. The number of Topliss-reactive ketones (excluding diaryl/α,β-unsaturated/α-hetero) is 1. The van der Waals surface area contributed by atoms with Crippen LogP contribution in [0.2, 0.25) is 0 Å². The Morgan fingerprint density at radius 2 is 1.90 bits per heavy atom. The van der Waals surface area contributed by atoms with Crippen LogP contribution in [-0.4, -0.2) is 37.9 Å². The topological polar surface area (TPSA) is 29.5 Å². The van der Waals surface area contributed by atoms with Gasteiger partial charge < -0.3 is 9.64 Å². The van der Waals surface area contributed by atoms with E-state index >= 15 is 0 Å². The van der Waals surface area contributed by atoms with Crippen LogP contribution in [-0.2, 0) is 11.2 Å². The molecule has 2 saturated carbocycles. The maximum atomic E-state index is 12.5. The number of hydrogen-bond donors (Lipinski definition) is 0. The molecule has 3 aliphatic rings. The van der Waals surface area contributed by atoms with Crippen molar-refractivity contribution in [2.45, 2.75) is 77.0 Å². The normalized spacial score (nSPS) is 30.8. The van der Waals surface area contributed by atoms with Gasteiger partial charge in [0.15, 0.2) is 0 Å². The molecular weight excluding hydrogens is 358 g/mol. The molecule has 3 heteroatoms. The number of ketones is 1. The predicted octanol–water partition coefficient (Wildman–Crippen LogP) is 5.61. The highest BCUT2D eigenvalue weighted by Crippen LogP contribution is 2.59. The SMILES string of the molecule is CN(C)CCCCCCOc1ccc2c(c1)CC[C@H]1[C@H]2CC[C@@]2(C)C(=O)CC[C@@H]12. The summed E-state index contributed by atoms with van der Waals surface area (Å²) >= 11 is 0. The van der Waals surface area contributed by atoms with Crippen molar-refractivity contribution in [3.63, 3.8) is 0 Å². The highest BCUT2D eigenvalue weighted by Gasteiger charge is 2.54. The Labute approximate surface area is 177 Å². The van der Waals surface area contributed by atoms with Crippen LogP contribution in [0.1, 0.15) is 81.8 Å². The fourth-order valence-corrected chi connectivity index (χ4v) is 6.49. The van der Waals surface area contributed by atoms with Crippen molar-refractivity contribution >= 4 is 5.78 Å². The first-order valence-corrected chi connectivity index (χ1v) is 11.9. The average molecular weight is 398 g/mol. The van der Waals surface area contributed by atoms with E-state index < -0.39 is 0 Å².